The lowest BCUT2D eigenvalue weighted by molar-refractivity contribution is -0.139. The Hall–Kier alpha value is -2.81. The summed E-state index contributed by atoms with van der Waals surface area (Å²) in [6.07, 6.45) is -4.82. The van der Waals surface area contributed by atoms with Gasteiger partial charge < -0.3 is 15.0 Å². The number of ether oxygens (including phenoxy) is 1. The zero-order valence-corrected chi connectivity index (χ0v) is 15.8. The zero-order valence-electron chi connectivity index (χ0n) is 15.8. The van der Waals surface area contributed by atoms with Gasteiger partial charge in [0.15, 0.2) is 5.82 Å². The summed E-state index contributed by atoms with van der Waals surface area (Å²) in [4.78, 5) is 16.0. The number of rotatable bonds is 4. The van der Waals surface area contributed by atoms with Crippen LogP contribution in [0.3, 0.4) is 0 Å². The number of anilines is 1. The molecule has 1 heterocycles. The number of alkyl halides is 3. The molecular weight excluding hydrogens is 390 g/mol. The Morgan fingerprint density at radius 1 is 1.07 bits per heavy atom. The van der Waals surface area contributed by atoms with E-state index in [1.165, 1.54) is 4.90 Å². The molecule has 0 atom stereocenters. The third-order valence-electron chi connectivity index (χ3n) is 4.77. The molecule has 0 radical (unpaired) electrons. The highest BCUT2D eigenvalue weighted by Crippen LogP contribution is 2.34. The number of urea groups is 1. The average Bonchev–Trinajstić information content (AvgIpc) is 2.70. The number of piperazine rings is 1. The topological polar surface area (TPSA) is 44.8 Å². The normalized spacial score (nSPS) is 15.3. The maximum atomic E-state index is 14.1. The van der Waals surface area contributed by atoms with E-state index in [1.807, 2.05) is 24.3 Å². The Morgan fingerprint density at radius 3 is 2.31 bits per heavy atom. The number of amides is 2. The van der Waals surface area contributed by atoms with Crippen LogP contribution in [-0.2, 0) is 12.7 Å². The van der Waals surface area contributed by atoms with Crippen molar-refractivity contribution in [1.29, 1.82) is 0 Å². The van der Waals surface area contributed by atoms with Crippen molar-refractivity contribution >= 4 is 11.7 Å². The van der Waals surface area contributed by atoms with E-state index in [1.54, 1.807) is 7.11 Å². The number of hydrogen-bond donors (Lipinski definition) is 1. The molecule has 1 saturated heterocycles. The van der Waals surface area contributed by atoms with Gasteiger partial charge in [-0.25, -0.2) is 9.18 Å². The van der Waals surface area contributed by atoms with Crippen LogP contribution in [0.1, 0.15) is 11.1 Å². The quantitative estimate of drug-likeness (QED) is 0.767. The number of nitrogens with one attached hydrogen (secondary N) is 1. The molecule has 156 valence electrons. The Bertz CT molecular complexity index is 848. The fourth-order valence-corrected chi connectivity index (χ4v) is 3.14. The molecule has 2 aromatic carbocycles. The molecule has 0 aliphatic carbocycles. The van der Waals surface area contributed by atoms with E-state index in [2.05, 4.69) is 10.2 Å². The lowest BCUT2D eigenvalue weighted by Crippen LogP contribution is -2.49. The molecule has 2 amide bonds. The largest absolute Gasteiger partial charge is 0.497 e. The van der Waals surface area contributed by atoms with Crippen LogP contribution in [0.4, 0.5) is 28.0 Å². The van der Waals surface area contributed by atoms with Gasteiger partial charge in [0, 0.05) is 32.7 Å². The Kier molecular flexibility index (Phi) is 6.26. The number of carbonyl (C=O) groups excluding carboxylic acids is 1. The number of benzene rings is 2. The minimum atomic E-state index is -4.82. The van der Waals surface area contributed by atoms with E-state index in [-0.39, 0.29) is 0 Å². The van der Waals surface area contributed by atoms with E-state index < -0.39 is 29.3 Å². The lowest BCUT2D eigenvalue weighted by atomic mass is 10.1. The highest BCUT2D eigenvalue weighted by Gasteiger charge is 2.35. The Morgan fingerprint density at radius 2 is 1.72 bits per heavy atom. The molecule has 1 N–H and O–H groups in total. The zero-order chi connectivity index (χ0) is 21.0. The fourth-order valence-electron chi connectivity index (χ4n) is 3.14. The number of halogens is 4. The molecule has 9 heteroatoms. The van der Waals surface area contributed by atoms with E-state index in [0.717, 1.165) is 23.4 Å². The van der Waals surface area contributed by atoms with Crippen molar-refractivity contribution in [2.75, 3.05) is 38.6 Å². The molecule has 29 heavy (non-hydrogen) atoms. The summed E-state index contributed by atoms with van der Waals surface area (Å²) in [5, 5.41) is 2.25. The van der Waals surface area contributed by atoms with Crippen LogP contribution in [0.15, 0.2) is 42.5 Å². The highest BCUT2D eigenvalue weighted by molar-refractivity contribution is 5.89. The molecule has 0 spiro atoms. The Balaban J connectivity index is 1.55. The summed E-state index contributed by atoms with van der Waals surface area (Å²) in [5.74, 6) is -0.705. The predicted molar refractivity (Wildman–Crippen MR) is 100 cm³/mol. The molecule has 5 nitrogen and oxygen atoms in total. The number of nitrogens with zero attached hydrogens (tertiary/aromatic N) is 2. The smallest absolute Gasteiger partial charge is 0.419 e. The van der Waals surface area contributed by atoms with Gasteiger partial charge in [-0.1, -0.05) is 18.2 Å². The maximum absolute atomic E-state index is 14.1. The molecule has 0 saturated carbocycles. The second kappa shape index (κ2) is 8.69. The van der Waals surface area contributed by atoms with Gasteiger partial charge in [-0.3, -0.25) is 4.90 Å². The molecule has 1 aliphatic rings. The molecule has 2 aromatic rings. The molecule has 0 bridgehead atoms. The van der Waals surface area contributed by atoms with Crippen LogP contribution in [0, 0.1) is 5.82 Å². The molecule has 1 aliphatic heterocycles. The van der Waals surface area contributed by atoms with Gasteiger partial charge >= 0.3 is 12.2 Å². The van der Waals surface area contributed by atoms with Crippen molar-refractivity contribution in [1.82, 2.24) is 9.80 Å². The summed E-state index contributed by atoms with van der Waals surface area (Å²) in [6.45, 7) is 2.70. The number of carbonyl (C=O) groups is 1. The average molecular weight is 411 g/mol. The van der Waals surface area contributed by atoms with Crippen LogP contribution in [0.5, 0.6) is 5.75 Å². The van der Waals surface area contributed by atoms with Crippen molar-refractivity contribution in [2.45, 2.75) is 12.7 Å². The van der Waals surface area contributed by atoms with Crippen molar-refractivity contribution in [3.05, 3.63) is 59.4 Å². The van der Waals surface area contributed by atoms with Gasteiger partial charge in [-0.15, -0.1) is 0 Å². The van der Waals surface area contributed by atoms with Gasteiger partial charge in [0.2, 0.25) is 0 Å². The summed E-state index contributed by atoms with van der Waals surface area (Å²) < 4.78 is 57.6. The van der Waals surface area contributed by atoms with Crippen molar-refractivity contribution in [3.63, 3.8) is 0 Å². The first-order valence-electron chi connectivity index (χ1n) is 9.05. The second-order valence-corrected chi connectivity index (χ2v) is 6.71. The summed E-state index contributed by atoms with van der Waals surface area (Å²) in [6, 6.07) is 9.89. The van der Waals surface area contributed by atoms with Crippen molar-refractivity contribution < 1.29 is 27.1 Å². The Labute approximate surface area is 165 Å². The minimum absolute atomic E-state index is 0.391. The SMILES string of the molecule is COc1ccc(CN2CCN(C(=O)Nc3cccc(C(F)(F)F)c3F)CC2)cc1. The summed E-state index contributed by atoms with van der Waals surface area (Å²) >= 11 is 0. The molecular formula is C20H21F4N3O2. The van der Waals surface area contributed by atoms with Gasteiger partial charge in [-0.2, -0.15) is 13.2 Å². The van der Waals surface area contributed by atoms with Crippen molar-refractivity contribution in [3.8, 4) is 5.75 Å². The third-order valence-corrected chi connectivity index (χ3v) is 4.77. The van der Waals surface area contributed by atoms with Crippen LogP contribution < -0.4 is 10.1 Å². The van der Waals surface area contributed by atoms with E-state index >= 15 is 0 Å². The standard InChI is InChI=1S/C20H21F4N3O2/c1-29-15-7-5-14(6-8-15)13-26-9-11-27(12-10-26)19(28)25-17-4-2-3-16(18(17)21)20(22,23)24/h2-8H,9-13H2,1H3,(H,25,28). The molecule has 0 aromatic heterocycles. The highest BCUT2D eigenvalue weighted by atomic mass is 19.4. The third kappa shape index (κ3) is 5.17. The minimum Gasteiger partial charge on any atom is -0.497 e. The van der Waals surface area contributed by atoms with Crippen LogP contribution in [0.25, 0.3) is 0 Å². The maximum Gasteiger partial charge on any atom is 0.419 e. The van der Waals surface area contributed by atoms with Crippen LogP contribution in [0.2, 0.25) is 0 Å². The monoisotopic (exact) mass is 411 g/mol. The summed E-state index contributed by atoms with van der Waals surface area (Å²) in [5.41, 5.74) is -0.778. The van der Waals surface area contributed by atoms with E-state index in [9.17, 15) is 22.4 Å². The summed E-state index contributed by atoms with van der Waals surface area (Å²) in [7, 11) is 1.60. The first kappa shape index (κ1) is 20.9. The molecule has 3 rings (SSSR count). The van der Waals surface area contributed by atoms with Gasteiger partial charge in [0.1, 0.15) is 5.75 Å². The van der Waals surface area contributed by atoms with Gasteiger partial charge in [-0.05, 0) is 29.8 Å². The second-order valence-electron chi connectivity index (χ2n) is 6.71. The van der Waals surface area contributed by atoms with Gasteiger partial charge in [0.05, 0.1) is 18.4 Å². The molecule has 0 unspecified atom stereocenters. The van der Waals surface area contributed by atoms with E-state index in [4.69, 9.17) is 4.74 Å². The van der Waals surface area contributed by atoms with Crippen molar-refractivity contribution in [2.24, 2.45) is 0 Å². The van der Waals surface area contributed by atoms with E-state index in [0.29, 0.717) is 38.8 Å². The predicted octanol–water partition coefficient (Wildman–Crippen LogP) is 4.20. The fraction of sp³-hybridized carbons (Fsp3) is 0.350. The van der Waals surface area contributed by atoms with Crippen LogP contribution in [-0.4, -0.2) is 49.1 Å². The first-order chi connectivity index (χ1) is 13.8. The molecule has 1 fully saturated rings. The van der Waals surface area contributed by atoms with Crippen LogP contribution >= 0.6 is 0 Å². The first-order valence-corrected chi connectivity index (χ1v) is 9.05. The number of hydrogen-bond acceptors (Lipinski definition) is 3. The van der Waals surface area contributed by atoms with Gasteiger partial charge in [0.25, 0.3) is 0 Å². The lowest BCUT2D eigenvalue weighted by Gasteiger charge is -2.34. The number of methoxy groups -OCH3 is 1.